The number of benzene rings is 1. The number of rotatable bonds is 8. The van der Waals surface area contributed by atoms with Crippen LogP contribution < -0.4 is 20.5 Å². The molecule has 15 heteroatoms. The lowest BCUT2D eigenvalue weighted by molar-refractivity contribution is -0.122. The Bertz CT molecular complexity index is 2100. The maximum absolute atomic E-state index is 14.2. The van der Waals surface area contributed by atoms with Gasteiger partial charge in [0.1, 0.15) is 18.0 Å². The number of piperazine rings is 1. The van der Waals surface area contributed by atoms with Gasteiger partial charge in [0.05, 0.1) is 24.6 Å². The predicted octanol–water partition coefficient (Wildman–Crippen LogP) is 1.64. The number of aromatic nitrogens is 7. The summed E-state index contributed by atoms with van der Waals surface area (Å²) >= 11 is 0. The lowest BCUT2D eigenvalue weighted by atomic mass is 10.1. The lowest BCUT2D eigenvalue weighted by Gasteiger charge is -2.36. The second kappa shape index (κ2) is 12.5. The highest BCUT2D eigenvalue weighted by Gasteiger charge is 2.30. The van der Waals surface area contributed by atoms with Gasteiger partial charge in [-0.3, -0.25) is 19.1 Å². The number of nitrogens with zero attached hydrogens (tertiary/aromatic N) is 9. The van der Waals surface area contributed by atoms with Gasteiger partial charge in [0, 0.05) is 63.3 Å². The van der Waals surface area contributed by atoms with Crippen LogP contribution in [0, 0.1) is 5.82 Å². The van der Waals surface area contributed by atoms with Crippen molar-refractivity contribution in [2.24, 2.45) is 7.05 Å². The van der Waals surface area contributed by atoms with Crippen molar-refractivity contribution in [3.05, 3.63) is 87.5 Å². The van der Waals surface area contributed by atoms with Gasteiger partial charge in [-0.2, -0.15) is 14.6 Å². The van der Waals surface area contributed by atoms with E-state index in [1.807, 2.05) is 11.8 Å². The Morgan fingerprint density at radius 3 is 2.60 bits per heavy atom. The standard InChI is InChI=1S/C33H35FN10O4/c1-4-26-29(41-9-11-42(12-10-41)31(46)23-17-36-40(2)18-23)32(47)44-33(38-30(39-44)21-7-8-35-28(16-21)48-3)43(26)19-27(45)37-25-14-20-5-6-24(34)13-22(20)15-25/h5-8,13,16-18,25H,4,9-12,14-15,19H2,1-3H3,(H,37,45). The molecule has 48 heavy (non-hydrogen) atoms. The Morgan fingerprint density at radius 1 is 1.08 bits per heavy atom. The third-order valence-electron chi connectivity index (χ3n) is 8.97. The summed E-state index contributed by atoms with van der Waals surface area (Å²) in [6.45, 7) is 3.43. The number of hydrogen-bond donors (Lipinski definition) is 1. The number of carbonyl (C=O) groups is 2. The smallest absolute Gasteiger partial charge is 0.299 e. The Labute approximate surface area is 274 Å². The molecule has 0 saturated carbocycles. The zero-order chi connectivity index (χ0) is 33.5. The number of hydrogen-bond acceptors (Lipinski definition) is 9. The molecule has 0 spiro atoms. The lowest BCUT2D eigenvalue weighted by Crippen LogP contribution is -2.51. The average molecular weight is 655 g/mol. The number of pyridine rings is 1. The SMILES string of the molecule is CCc1c(N2CCN(C(=O)c3cnn(C)c3)CC2)c(=O)n2nc(-c3ccnc(OC)c3)nc2n1CC(=O)NC1Cc2ccc(F)cc2C1. The van der Waals surface area contributed by atoms with Gasteiger partial charge in [0.15, 0.2) is 5.82 Å². The molecule has 1 aliphatic carbocycles. The first-order chi connectivity index (χ1) is 23.2. The summed E-state index contributed by atoms with van der Waals surface area (Å²) in [6.07, 6.45) is 6.37. The van der Waals surface area contributed by atoms with Gasteiger partial charge < -0.3 is 24.4 Å². The largest absolute Gasteiger partial charge is 0.481 e. The Hall–Kier alpha value is -5.60. The molecule has 1 aliphatic heterocycles. The van der Waals surface area contributed by atoms with Crippen molar-refractivity contribution in [2.75, 3.05) is 38.2 Å². The fourth-order valence-electron chi connectivity index (χ4n) is 6.66. The van der Waals surface area contributed by atoms with Crippen LogP contribution in [0.15, 0.2) is 53.7 Å². The summed E-state index contributed by atoms with van der Waals surface area (Å²) in [5.74, 6) is 0.195. The number of anilines is 1. The molecule has 1 fully saturated rings. The summed E-state index contributed by atoms with van der Waals surface area (Å²) in [6, 6.07) is 7.93. The minimum Gasteiger partial charge on any atom is -0.481 e. The fraction of sp³-hybridized carbons (Fsp3) is 0.364. The Balaban J connectivity index is 1.23. The normalized spacial score (nSPS) is 16.0. The molecular weight excluding hydrogens is 619 g/mol. The Morgan fingerprint density at radius 2 is 1.88 bits per heavy atom. The van der Waals surface area contributed by atoms with Gasteiger partial charge in [-0.05, 0) is 48.6 Å². The molecule has 1 unspecified atom stereocenters. The number of nitrogens with one attached hydrogen (secondary N) is 1. The molecule has 1 N–H and O–H groups in total. The summed E-state index contributed by atoms with van der Waals surface area (Å²) in [5, 5.41) is 11.8. The molecule has 7 rings (SSSR count). The van der Waals surface area contributed by atoms with Gasteiger partial charge in [-0.25, -0.2) is 9.37 Å². The molecule has 2 amide bonds. The number of carbonyl (C=O) groups excluding carboxylic acids is 2. The third-order valence-corrected chi connectivity index (χ3v) is 8.97. The zero-order valence-electron chi connectivity index (χ0n) is 26.9. The van der Waals surface area contributed by atoms with Crippen LogP contribution in [0.4, 0.5) is 10.1 Å². The van der Waals surface area contributed by atoms with E-state index < -0.39 is 0 Å². The van der Waals surface area contributed by atoms with Gasteiger partial charge in [0.25, 0.3) is 11.5 Å². The fourth-order valence-corrected chi connectivity index (χ4v) is 6.66. The van der Waals surface area contributed by atoms with Crippen molar-refractivity contribution < 1.29 is 18.7 Å². The van der Waals surface area contributed by atoms with Crippen molar-refractivity contribution in [3.63, 3.8) is 0 Å². The number of ether oxygens (including phenoxy) is 1. The van der Waals surface area contributed by atoms with Crippen LogP contribution >= 0.6 is 0 Å². The highest BCUT2D eigenvalue weighted by Crippen LogP contribution is 2.26. The van der Waals surface area contributed by atoms with E-state index in [4.69, 9.17) is 9.72 Å². The molecular formula is C33H35FN10O4. The first kappa shape index (κ1) is 31.0. The van der Waals surface area contributed by atoms with Gasteiger partial charge in [-0.1, -0.05) is 13.0 Å². The molecule has 248 valence electrons. The van der Waals surface area contributed by atoms with E-state index in [2.05, 4.69) is 20.5 Å². The second-order valence-corrected chi connectivity index (χ2v) is 12.0. The number of aryl methyl sites for hydroxylation is 1. The quantitative estimate of drug-likeness (QED) is 0.264. The average Bonchev–Trinajstić information content (AvgIpc) is 3.84. The maximum atomic E-state index is 14.2. The molecule has 1 aromatic carbocycles. The van der Waals surface area contributed by atoms with E-state index in [1.165, 1.54) is 23.8 Å². The van der Waals surface area contributed by atoms with E-state index >= 15 is 0 Å². The van der Waals surface area contributed by atoms with Gasteiger partial charge >= 0.3 is 0 Å². The number of methoxy groups -OCH3 is 1. The number of halogens is 1. The molecule has 5 aromatic rings. The first-order valence-electron chi connectivity index (χ1n) is 15.8. The highest BCUT2D eigenvalue weighted by atomic mass is 19.1. The van der Waals surface area contributed by atoms with Crippen LogP contribution in [-0.4, -0.2) is 90.0 Å². The molecule has 1 atom stereocenters. The van der Waals surface area contributed by atoms with Crippen LogP contribution in [-0.2, 0) is 37.6 Å². The summed E-state index contributed by atoms with van der Waals surface area (Å²) in [7, 11) is 3.27. The van der Waals surface area contributed by atoms with Crippen LogP contribution in [0.3, 0.4) is 0 Å². The first-order valence-corrected chi connectivity index (χ1v) is 15.8. The van der Waals surface area contributed by atoms with E-state index in [1.54, 1.807) is 58.0 Å². The molecule has 0 bridgehead atoms. The monoisotopic (exact) mass is 654 g/mol. The van der Waals surface area contributed by atoms with Crippen LogP contribution in [0.5, 0.6) is 5.88 Å². The zero-order valence-corrected chi connectivity index (χ0v) is 26.9. The Kier molecular flexibility index (Phi) is 8.11. The number of amides is 2. The molecule has 14 nitrogen and oxygen atoms in total. The molecule has 1 saturated heterocycles. The van der Waals surface area contributed by atoms with Crippen LogP contribution in [0.2, 0.25) is 0 Å². The topological polar surface area (TPSA) is 145 Å². The molecule has 0 radical (unpaired) electrons. The van der Waals surface area contributed by atoms with E-state index in [0.29, 0.717) is 73.8 Å². The third kappa shape index (κ3) is 5.75. The second-order valence-electron chi connectivity index (χ2n) is 12.0. The van der Waals surface area contributed by atoms with Crippen LogP contribution in [0.25, 0.3) is 17.2 Å². The minimum absolute atomic E-state index is 0.113. The van der Waals surface area contributed by atoms with Crippen LogP contribution in [0.1, 0.15) is 34.1 Å². The summed E-state index contributed by atoms with van der Waals surface area (Å²) < 4.78 is 23.7. The highest BCUT2D eigenvalue weighted by molar-refractivity contribution is 5.94. The van der Waals surface area contributed by atoms with E-state index in [0.717, 1.165) is 11.1 Å². The summed E-state index contributed by atoms with van der Waals surface area (Å²) in [5.41, 5.74) is 3.70. The minimum atomic E-state index is -0.362. The van der Waals surface area contributed by atoms with Crippen molar-refractivity contribution in [1.29, 1.82) is 0 Å². The maximum Gasteiger partial charge on any atom is 0.299 e. The van der Waals surface area contributed by atoms with E-state index in [-0.39, 0.29) is 47.4 Å². The molecule has 4 aromatic heterocycles. The molecule has 5 heterocycles. The summed E-state index contributed by atoms with van der Waals surface area (Å²) in [4.78, 5) is 53.6. The predicted molar refractivity (Wildman–Crippen MR) is 173 cm³/mol. The van der Waals surface area contributed by atoms with Crippen molar-refractivity contribution in [2.45, 2.75) is 38.8 Å². The van der Waals surface area contributed by atoms with E-state index in [9.17, 15) is 18.8 Å². The van der Waals surface area contributed by atoms with Gasteiger partial charge in [0.2, 0.25) is 17.6 Å². The van der Waals surface area contributed by atoms with Crippen molar-refractivity contribution >= 4 is 23.3 Å². The van der Waals surface area contributed by atoms with Crippen molar-refractivity contribution in [3.8, 4) is 17.3 Å². The van der Waals surface area contributed by atoms with Crippen molar-refractivity contribution in [1.82, 2.24) is 44.1 Å². The number of fused-ring (bicyclic) bond motifs is 2. The molecule has 2 aliphatic rings. The van der Waals surface area contributed by atoms with Gasteiger partial charge in [-0.15, -0.1) is 5.10 Å².